The molecule has 0 aliphatic rings. The molecule has 6 heteroatoms. The quantitative estimate of drug-likeness (QED) is 0.774. The predicted octanol–water partition coefficient (Wildman–Crippen LogP) is 1.31. The van der Waals surface area contributed by atoms with Crippen LogP contribution >= 0.6 is 0 Å². The fourth-order valence-electron chi connectivity index (χ4n) is 1.53. The van der Waals surface area contributed by atoms with E-state index < -0.39 is 23.9 Å². The van der Waals surface area contributed by atoms with Crippen LogP contribution in [0, 0.1) is 6.92 Å². The van der Waals surface area contributed by atoms with Crippen molar-refractivity contribution in [2.75, 3.05) is 6.54 Å². The Morgan fingerprint density at radius 3 is 2.65 bits per heavy atom. The van der Waals surface area contributed by atoms with Gasteiger partial charge in [0.15, 0.2) is 0 Å². The van der Waals surface area contributed by atoms with E-state index in [1.165, 1.54) is 0 Å². The SMILES string of the molecule is Cc1ccnc(C(O)C(O)CNC(=O)OC(C)(C)C)c1. The Morgan fingerprint density at radius 1 is 1.45 bits per heavy atom. The summed E-state index contributed by atoms with van der Waals surface area (Å²) in [5, 5.41) is 22.2. The van der Waals surface area contributed by atoms with Crippen molar-refractivity contribution in [2.24, 2.45) is 0 Å². The Bertz CT molecular complexity index is 457. The van der Waals surface area contributed by atoms with E-state index in [2.05, 4.69) is 10.3 Å². The molecular weight excluding hydrogens is 260 g/mol. The van der Waals surface area contributed by atoms with Crippen LogP contribution in [0.3, 0.4) is 0 Å². The number of ether oxygens (including phenoxy) is 1. The molecule has 0 bridgehead atoms. The van der Waals surface area contributed by atoms with Crippen LogP contribution in [0.5, 0.6) is 0 Å². The van der Waals surface area contributed by atoms with E-state index in [-0.39, 0.29) is 6.54 Å². The molecule has 1 heterocycles. The van der Waals surface area contributed by atoms with Gasteiger partial charge >= 0.3 is 6.09 Å². The maximum Gasteiger partial charge on any atom is 0.407 e. The lowest BCUT2D eigenvalue weighted by Crippen LogP contribution is -2.39. The van der Waals surface area contributed by atoms with Crippen molar-refractivity contribution in [3.8, 4) is 0 Å². The third kappa shape index (κ3) is 5.54. The Morgan fingerprint density at radius 2 is 2.10 bits per heavy atom. The number of alkyl carbamates (subject to hydrolysis) is 1. The minimum Gasteiger partial charge on any atom is -0.444 e. The van der Waals surface area contributed by atoms with Crippen LogP contribution in [-0.2, 0) is 4.74 Å². The van der Waals surface area contributed by atoms with Crippen LogP contribution in [-0.4, -0.2) is 39.5 Å². The van der Waals surface area contributed by atoms with Crippen LogP contribution in [0.2, 0.25) is 0 Å². The zero-order chi connectivity index (χ0) is 15.3. The van der Waals surface area contributed by atoms with E-state index in [9.17, 15) is 15.0 Å². The van der Waals surface area contributed by atoms with Gasteiger partial charge in [-0.3, -0.25) is 4.98 Å². The number of aliphatic hydroxyl groups is 2. The predicted molar refractivity (Wildman–Crippen MR) is 74.2 cm³/mol. The standard InChI is InChI=1S/C14H22N2O4/c1-9-5-6-15-10(7-9)12(18)11(17)8-16-13(19)20-14(2,3)4/h5-7,11-12,17-18H,8H2,1-4H3,(H,16,19). The number of nitrogens with zero attached hydrogens (tertiary/aromatic N) is 1. The van der Waals surface area contributed by atoms with Gasteiger partial charge in [0.2, 0.25) is 0 Å². The number of nitrogens with one attached hydrogen (secondary N) is 1. The number of aromatic nitrogens is 1. The highest BCUT2D eigenvalue weighted by Gasteiger charge is 2.22. The largest absolute Gasteiger partial charge is 0.444 e. The Labute approximate surface area is 118 Å². The molecule has 0 aromatic carbocycles. The summed E-state index contributed by atoms with van der Waals surface area (Å²) in [6.07, 6.45) is -1.40. The van der Waals surface area contributed by atoms with Crippen LogP contribution < -0.4 is 5.32 Å². The average Bonchev–Trinajstić information content (AvgIpc) is 2.33. The number of aryl methyl sites for hydroxylation is 1. The topological polar surface area (TPSA) is 91.7 Å². The van der Waals surface area contributed by atoms with E-state index in [0.717, 1.165) is 5.56 Å². The summed E-state index contributed by atoms with van der Waals surface area (Å²) in [5.41, 5.74) is 0.691. The van der Waals surface area contributed by atoms with Gasteiger partial charge in [-0.2, -0.15) is 0 Å². The second-order valence-electron chi connectivity index (χ2n) is 5.65. The van der Waals surface area contributed by atoms with E-state index in [0.29, 0.717) is 5.69 Å². The van der Waals surface area contributed by atoms with Crippen molar-refractivity contribution in [2.45, 2.75) is 45.5 Å². The molecule has 0 spiro atoms. The van der Waals surface area contributed by atoms with Gasteiger partial charge in [0.05, 0.1) is 5.69 Å². The zero-order valence-electron chi connectivity index (χ0n) is 12.3. The van der Waals surface area contributed by atoms with Crippen molar-refractivity contribution in [3.63, 3.8) is 0 Å². The molecule has 0 aliphatic heterocycles. The number of rotatable bonds is 4. The van der Waals surface area contributed by atoms with E-state index in [1.807, 2.05) is 6.92 Å². The lowest BCUT2D eigenvalue weighted by atomic mass is 10.1. The number of hydrogen-bond acceptors (Lipinski definition) is 5. The van der Waals surface area contributed by atoms with Crippen LogP contribution in [0.4, 0.5) is 4.79 Å². The Kier molecular flexibility index (Phi) is 5.47. The Balaban J connectivity index is 2.50. The molecule has 112 valence electrons. The smallest absolute Gasteiger partial charge is 0.407 e. The summed E-state index contributed by atoms with van der Waals surface area (Å²) in [6, 6.07) is 3.48. The molecule has 1 aromatic heterocycles. The van der Waals surface area contributed by atoms with E-state index in [4.69, 9.17) is 4.74 Å². The number of carbonyl (C=O) groups excluding carboxylic acids is 1. The zero-order valence-corrected chi connectivity index (χ0v) is 12.3. The molecule has 1 rings (SSSR count). The van der Waals surface area contributed by atoms with Crippen LogP contribution in [0.25, 0.3) is 0 Å². The summed E-state index contributed by atoms with van der Waals surface area (Å²) >= 11 is 0. The van der Waals surface area contributed by atoms with Crippen molar-refractivity contribution < 1.29 is 19.7 Å². The molecule has 2 atom stereocenters. The number of carbonyl (C=O) groups is 1. The highest BCUT2D eigenvalue weighted by Crippen LogP contribution is 2.15. The third-order valence-electron chi connectivity index (χ3n) is 2.46. The van der Waals surface area contributed by atoms with Crippen LogP contribution in [0.15, 0.2) is 18.3 Å². The number of pyridine rings is 1. The molecule has 0 saturated carbocycles. The van der Waals surface area contributed by atoms with E-state index >= 15 is 0 Å². The monoisotopic (exact) mass is 282 g/mol. The maximum atomic E-state index is 11.4. The average molecular weight is 282 g/mol. The van der Waals surface area contributed by atoms with Gasteiger partial charge in [-0.1, -0.05) is 0 Å². The fraction of sp³-hybridized carbons (Fsp3) is 0.571. The van der Waals surface area contributed by atoms with E-state index in [1.54, 1.807) is 39.1 Å². The van der Waals surface area contributed by atoms with Gasteiger partial charge in [-0.15, -0.1) is 0 Å². The normalized spacial score (nSPS) is 14.5. The molecule has 0 saturated heterocycles. The van der Waals surface area contributed by atoms with Gasteiger partial charge in [-0.25, -0.2) is 4.79 Å². The van der Waals surface area contributed by atoms with Gasteiger partial charge in [0, 0.05) is 12.7 Å². The molecule has 0 aliphatic carbocycles. The minimum absolute atomic E-state index is 0.119. The molecule has 1 amide bonds. The Hall–Kier alpha value is -1.66. The molecule has 0 fully saturated rings. The molecule has 3 N–H and O–H groups in total. The van der Waals surface area contributed by atoms with Gasteiger partial charge in [-0.05, 0) is 45.4 Å². The first kappa shape index (κ1) is 16.4. The lowest BCUT2D eigenvalue weighted by Gasteiger charge is -2.22. The van der Waals surface area contributed by atoms with Crippen molar-refractivity contribution in [1.82, 2.24) is 10.3 Å². The lowest BCUT2D eigenvalue weighted by molar-refractivity contribution is 0.0108. The molecule has 2 unspecified atom stereocenters. The van der Waals surface area contributed by atoms with Crippen molar-refractivity contribution in [3.05, 3.63) is 29.6 Å². The summed E-state index contributed by atoms with van der Waals surface area (Å²) < 4.78 is 5.03. The van der Waals surface area contributed by atoms with Gasteiger partial charge in [0.1, 0.15) is 17.8 Å². The number of aliphatic hydroxyl groups excluding tert-OH is 2. The molecule has 1 aromatic rings. The highest BCUT2D eigenvalue weighted by atomic mass is 16.6. The number of amides is 1. The molecule has 6 nitrogen and oxygen atoms in total. The van der Waals surface area contributed by atoms with Crippen LogP contribution in [0.1, 0.15) is 38.1 Å². The molecular formula is C14H22N2O4. The summed E-state index contributed by atoms with van der Waals surface area (Å²) in [7, 11) is 0. The molecule has 20 heavy (non-hydrogen) atoms. The van der Waals surface area contributed by atoms with Gasteiger partial charge < -0.3 is 20.3 Å². The van der Waals surface area contributed by atoms with Crippen molar-refractivity contribution in [1.29, 1.82) is 0 Å². The first-order valence-electron chi connectivity index (χ1n) is 6.44. The fourth-order valence-corrected chi connectivity index (χ4v) is 1.53. The summed E-state index contributed by atoms with van der Waals surface area (Å²) in [4.78, 5) is 15.4. The first-order valence-corrected chi connectivity index (χ1v) is 6.44. The molecule has 0 radical (unpaired) electrons. The van der Waals surface area contributed by atoms with Crippen molar-refractivity contribution >= 4 is 6.09 Å². The highest BCUT2D eigenvalue weighted by molar-refractivity contribution is 5.67. The first-order chi connectivity index (χ1) is 9.19. The number of hydrogen-bond donors (Lipinski definition) is 3. The summed E-state index contributed by atoms with van der Waals surface area (Å²) in [5.74, 6) is 0. The maximum absolute atomic E-state index is 11.4. The third-order valence-corrected chi connectivity index (χ3v) is 2.46. The van der Waals surface area contributed by atoms with Gasteiger partial charge in [0.25, 0.3) is 0 Å². The second kappa shape index (κ2) is 6.67. The second-order valence-corrected chi connectivity index (χ2v) is 5.65. The minimum atomic E-state index is -1.16. The summed E-state index contributed by atoms with van der Waals surface area (Å²) in [6.45, 7) is 6.98.